The van der Waals surface area contributed by atoms with Gasteiger partial charge in [-0.25, -0.2) is 4.98 Å². The molecule has 0 bridgehead atoms. The lowest BCUT2D eigenvalue weighted by molar-refractivity contribution is 0.0785. The minimum absolute atomic E-state index is 0.0820. The van der Waals surface area contributed by atoms with Crippen molar-refractivity contribution < 1.29 is 9.90 Å². The van der Waals surface area contributed by atoms with E-state index in [9.17, 15) is 4.79 Å². The molecule has 1 rings (SSSR count). The molecule has 0 aliphatic rings. The molecule has 0 saturated carbocycles. The van der Waals surface area contributed by atoms with Crippen LogP contribution in [0.3, 0.4) is 0 Å². The summed E-state index contributed by atoms with van der Waals surface area (Å²) < 4.78 is 0.715. The fraction of sp³-hybridized carbons (Fsp3) is 0.500. The second-order valence-corrected chi connectivity index (χ2v) is 4.70. The van der Waals surface area contributed by atoms with Crippen LogP contribution in [0.2, 0.25) is 0 Å². The van der Waals surface area contributed by atoms with Crippen molar-refractivity contribution in [2.45, 2.75) is 19.3 Å². The topological polar surface area (TPSA) is 53.4 Å². The molecule has 0 aliphatic heterocycles. The van der Waals surface area contributed by atoms with E-state index in [4.69, 9.17) is 5.11 Å². The molecule has 0 spiro atoms. The summed E-state index contributed by atoms with van der Waals surface area (Å²) in [7, 11) is 1.77. The van der Waals surface area contributed by atoms with Crippen LogP contribution in [0, 0.1) is 0 Å². The largest absolute Gasteiger partial charge is 0.396 e. The first-order valence-corrected chi connectivity index (χ1v) is 6.43. The lowest BCUT2D eigenvalue weighted by atomic mass is 10.2. The number of rotatable bonds is 6. The fourth-order valence-electron chi connectivity index (χ4n) is 1.46. The average Bonchev–Trinajstić information content (AvgIpc) is 2.34. The summed E-state index contributed by atoms with van der Waals surface area (Å²) in [5.74, 6) is -0.0820. The predicted octanol–water partition coefficient (Wildman–Crippen LogP) is 2.08. The van der Waals surface area contributed by atoms with E-state index in [2.05, 4.69) is 20.9 Å². The van der Waals surface area contributed by atoms with Gasteiger partial charge in [-0.15, -0.1) is 0 Å². The summed E-state index contributed by atoms with van der Waals surface area (Å²) in [5, 5.41) is 8.66. The molecule has 1 aromatic rings. The van der Waals surface area contributed by atoms with Crippen molar-refractivity contribution in [2.75, 3.05) is 20.2 Å². The summed E-state index contributed by atoms with van der Waals surface area (Å²) in [4.78, 5) is 17.7. The minimum atomic E-state index is -0.0820. The zero-order chi connectivity index (χ0) is 12.7. The standard InChI is InChI=1S/C12H17BrN2O2/c1-15(8-3-2-4-9-16)12(17)11-10(13)6-5-7-14-11/h5-7,16H,2-4,8-9H2,1H3. The first-order valence-electron chi connectivity index (χ1n) is 5.63. The van der Waals surface area contributed by atoms with E-state index in [0.29, 0.717) is 16.7 Å². The van der Waals surface area contributed by atoms with Crippen LogP contribution in [-0.4, -0.2) is 41.1 Å². The van der Waals surface area contributed by atoms with Crippen LogP contribution in [0.4, 0.5) is 0 Å². The Morgan fingerprint density at radius 3 is 2.88 bits per heavy atom. The molecule has 1 N–H and O–H groups in total. The number of pyridine rings is 1. The van der Waals surface area contributed by atoms with Crippen LogP contribution in [0.1, 0.15) is 29.8 Å². The highest BCUT2D eigenvalue weighted by molar-refractivity contribution is 9.10. The van der Waals surface area contributed by atoms with Crippen molar-refractivity contribution in [1.82, 2.24) is 9.88 Å². The van der Waals surface area contributed by atoms with Gasteiger partial charge in [-0.2, -0.15) is 0 Å². The third-order valence-electron chi connectivity index (χ3n) is 2.46. The van der Waals surface area contributed by atoms with Gasteiger partial charge in [-0.1, -0.05) is 0 Å². The summed E-state index contributed by atoms with van der Waals surface area (Å²) in [5.41, 5.74) is 0.442. The Balaban J connectivity index is 2.49. The van der Waals surface area contributed by atoms with E-state index in [-0.39, 0.29) is 12.5 Å². The number of aliphatic hydroxyl groups is 1. The molecule has 0 unspecified atom stereocenters. The Hall–Kier alpha value is -0.940. The van der Waals surface area contributed by atoms with Crippen LogP contribution in [0.5, 0.6) is 0 Å². The number of aliphatic hydroxyl groups excluding tert-OH is 1. The molecule has 94 valence electrons. The number of aromatic nitrogens is 1. The molecule has 0 aliphatic carbocycles. The van der Waals surface area contributed by atoms with Gasteiger partial charge in [0.05, 0.1) is 0 Å². The lowest BCUT2D eigenvalue weighted by Gasteiger charge is -2.16. The number of hydrogen-bond acceptors (Lipinski definition) is 3. The Kier molecular flexibility index (Phi) is 6.15. The summed E-state index contributed by atoms with van der Waals surface area (Å²) in [6, 6.07) is 3.59. The maximum atomic E-state index is 12.0. The SMILES string of the molecule is CN(CCCCCO)C(=O)c1ncccc1Br. The minimum Gasteiger partial charge on any atom is -0.396 e. The normalized spacial score (nSPS) is 10.3. The highest BCUT2D eigenvalue weighted by Gasteiger charge is 2.15. The summed E-state index contributed by atoms with van der Waals surface area (Å²) >= 11 is 3.32. The van der Waals surface area contributed by atoms with Crippen molar-refractivity contribution in [3.05, 3.63) is 28.5 Å². The van der Waals surface area contributed by atoms with Gasteiger partial charge in [-0.05, 0) is 47.3 Å². The molecule has 1 aromatic heterocycles. The number of carbonyl (C=O) groups is 1. The van der Waals surface area contributed by atoms with Crippen LogP contribution >= 0.6 is 15.9 Å². The van der Waals surface area contributed by atoms with E-state index < -0.39 is 0 Å². The van der Waals surface area contributed by atoms with Gasteiger partial charge in [-0.3, -0.25) is 4.79 Å². The van der Waals surface area contributed by atoms with Gasteiger partial charge in [0.25, 0.3) is 5.91 Å². The molecule has 0 fully saturated rings. The molecular weight excluding hydrogens is 284 g/mol. The molecule has 1 heterocycles. The predicted molar refractivity (Wildman–Crippen MR) is 69.8 cm³/mol. The van der Waals surface area contributed by atoms with Crippen molar-refractivity contribution in [2.24, 2.45) is 0 Å². The van der Waals surface area contributed by atoms with E-state index in [0.717, 1.165) is 19.3 Å². The van der Waals surface area contributed by atoms with Gasteiger partial charge in [0.1, 0.15) is 5.69 Å². The smallest absolute Gasteiger partial charge is 0.273 e. The van der Waals surface area contributed by atoms with E-state index in [1.54, 1.807) is 30.3 Å². The third-order valence-corrected chi connectivity index (χ3v) is 3.10. The third kappa shape index (κ3) is 4.44. The Morgan fingerprint density at radius 1 is 1.47 bits per heavy atom. The van der Waals surface area contributed by atoms with Gasteiger partial charge < -0.3 is 10.0 Å². The van der Waals surface area contributed by atoms with Crippen molar-refractivity contribution >= 4 is 21.8 Å². The van der Waals surface area contributed by atoms with Gasteiger partial charge in [0.2, 0.25) is 0 Å². The molecular formula is C12H17BrN2O2. The Labute approximate surface area is 110 Å². The van der Waals surface area contributed by atoms with Crippen LogP contribution in [0.15, 0.2) is 22.8 Å². The lowest BCUT2D eigenvalue weighted by Crippen LogP contribution is -2.28. The molecule has 0 atom stereocenters. The number of hydrogen-bond donors (Lipinski definition) is 1. The first kappa shape index (κ1) is 14.1. The molecule has 0 radical (unpaired) electrons. The maximum Gasteiger partial charge on any atom is 0.273 e. The number of carbonyl (C=O) groups excluding carboxylic acids is 1. The number of nitrogens with zero attached hydrogens (tertiary/aromatic N) is 2. The molecule has 0 aromatic carbocycles. The monoisotopic (exact) mass is 300 g/mol. The maximum absolute atomic E-state index is 12.0. The number of halogens is 1. The van der Waals surface area contributed by atoms with Crippen molar-refractivity contribution in [3.63, 3.8) is 0 Å². The molecule has 1 amide bonds. The van der Waals surface area contributed by atoms with E-state index in [1.807, 2.05) is 0 Å². The molecule has 4 nitrogen and oxygen atoms in total. The number of amides is 1. The van der Waals surface area contributed by atoms with Crippen molar-refractivity contribution in [1.29, 1.82) is 0 Å². The van der Waals surface area contributed by atoms with Crippen LogP contribution in [-0.2, 0) is 0 Å². The zero-order valence-corrected chi connectivity index (χ0v) is 11.5. The van der Waals surface area contributed by atoms with E-state index in [1.165, 1.54) is 0 Å². The second-order valence-electron chi connectivity index (χ2n) is 3.84. The highest BCUT2D eigenvalue weighted by Crippen LogP contribution is 2.15. The van der Waals surface area contributed by atoms with E-state index >= 15 is 0 Å². The Morgan fingerprint density at radius 2 is 2.24 bits per heavy atom. The molecule has 17 heavy (non-hydrogen) atoms. The molecule has 0 saturated heterocycles. The van der Waals surface area contributed by atoms with Gasteiger partial charge in [0, 0.05) is 30.9 Å². The quantitative estimate of drug-likeness (QED) is 0.819. The highest BCUT2D eigenvalue weighted by atomic mass is 79.9. The summed E-state index contributed by atoms with van der Waals surface area (Å²) in [6.07, 6.45) is 4.22. The zero-order valence-electron chi connectivity index (χ0n) is 9.90. The van der Waals surface area contributed by atoms with Crippen molar-refractivity contribution in [3.8, 4) is 0 Å². The Bertz CT molecular complexity index is 371. The van der Waals surface area contributed by atoms with Crippen LogP contribution in [0.25, 0.3) is 0 Å². The fourth-order valence-corrected chi connectivity index (χ4v) is 1.89. The van der Waals surface area contributed by atoms with Gasteiger partial charge >= 0.3 is 0 Å². The summed E-state index contributed by atoms with van der Waals surface area (Å²) in [6.45, 7) is 0.894. The average molecular weight is 301 g/mol. The number of unbranched alkanes of at least 4 members (excludes halogenated alkanes) is 2. The first-order chi connectivity index (χ1) is 8.16. The van der Waals surface area contributed by atoms with Gasteiger partial charge in [0.15, 0.2) is 0 Å². The van der Waals surface area contributed by atoms with Crippen LogP contribution < -0.4 is 0 Å². The molecule has 5 heteroatoms. The second kappa shape index (κ2) is 7.40.